The van der Waals surface area contributed by atoms with Gasteiger partial charge in [-0.25, -0.2) is 4.98 Å². The molecule has 1 unspecified atom stereocenters. The Labute approximate surface area is 149 Å². The number of thiazole rings is 1. The molecule has 1 aromatic carbocycles. The van der Waals surface area contributed by atoms with Crippen molar-refractivity contribution < 1.29 is 14.3 Å². The fourth-order valence-electron chi connectivity index (χ4n) is 3.35. The molecule has 1 aliphatic rings. The van der Waals surface area contributed by atoms with Crippen molar-refractivity contribution >= 4 is 22.2 Å². The van der Waals surface area contributed by atoms with Gasteiger partial charge in [0.25, 0.3) is 5.91 Å². The van der Waals surface area contributed by atoms with Crippen LogP contribution < -0.4 is 9.47 Å². The Morgan fingerprint density at radius 1 is 1.32 bits per heavy atom. The summed E-state index contributed by atoms with van der Waals surface area (Å²) in [5.74, 6) is 1.86. The summed E-state index contributed by atoms with van der Waals surface area (Å²) in [6, 6.07) is 5.81. The van der Waals surface area contributed by atoms with E-state index in [2.05, 4.69) is 4.98 Å². The van der Waals surface area contributed by atoms with Crippen molar-refractivity contribution in [1.29, 1.82) is 0 Å². The van der Waals surface area contributed by atoms with E-state index >= 15 is 0 Å². The number of rotatable bonds is 4. The van der Waals surface area contributed by atoms with Crippen LogP contribution in [0.3, 0.4) is 0 Å². The van der Waals surface area contributed by atoms with Gasteiger partial charge in [0, 0.05) is 42.3 Å². The summed E-state index contributed by atoms with van der Waals surface area (Å²) < 4.78 is 12.7. The monoisotopic (exact) mass is 357 g/mol. The van der Waals surface area contributed by atoms with Crippen LogP contribution in [0, 0.1) is 0 Å². The Morgan fingerprint density at radius 3 is 2.96 bits per heavy atom. The number of benzene rings is 1. The summed E-state index contributed by atoms with van der Waals surface area (Å²) in [5, 5.41) is 1.96. The fraction of sp³-hybridized carbons (Fsp3) is 0.333. The number of aromatic nitrogens is 2. The number of ether oxygens (including phenoxy) is 2. The highest BCUT2D eigenvalue weighted by Gasteiger charge is 2.31. The van der Waals surface area contributed by atoms with Crippen molar-refractivity contribution in [3.8, 4) is 11.5 Å². The van der Waals surface area contributed by atoms with Crippen molar-refractivity contribution in [3.63, 3.8) is 0 Å². The van der Waals surface area contributed by atoms with Gasteiger partial charge in [0.05, 0.1) is 14.2 Å². The van der Waals surface area contributed by atoms with Crippen LogP contribution >= 0.6 is 11.3 Å². The third kappa shape index (κ3) is 2.84. The first-order chi connectivity index (χ1) is 12.2. The lowest BCUT2D eigenvalue weighted by Gasteiger charge is -2.17. The number of amides is 1. The third-order valence-corrected chi connectivity index (χ3v) is 5.44. The minimum absolute atomic E-state index is 0.0136. The largest absolute Gasteiger partial charge is 0.497 e. The molecule has 0 saturated carbocycles. The van der Waals surface area contributed by atoms with Gasteiger partial charge < -0.3 is 14.4 Å². The summed E-state index contributed by atoms with van der Waals surface area (Å²) in [4.78, 5) is 19.9. The first-order valence-corrected chi connectivity index (χ1v) is 9.01. The van der Waals surface area contributed by atoms with Crippen LogP contribution in [0.25, 0.3) is 4.96 Å². The van der Waals surface area contributed by atoms with Gasteiger partial charge in [0.15, 0.2) is 4.96 Å². The maximum atomic E-state index is 12.8. The van der Waals surface area contributed by atoms with E-state index in [9.17, 15) is 4.79 Å². The zero-order chi connectivity index (χ0) is 17.4. The van der Waals surface area contributed by atoms with Gasteiger partial charge in [-0.2, -0.15) is 0 Å². The van der Waals surface area contributed by atoms with Gasteiger partial charge >= 0.3 is 0 Å². The highest BCUT2D eigenvalue weighted by Crippen LogP contribution is 2.36. The van der Waals surface area contributed by atoms with Crippen LogP contribution in [0.2, 0.25) is 0 Å². The fourth-order valence-corrected chi connectivity index (χ4v) is 4.05. The summed E-state index contributed by atoms with van der Waals surface area (Å²) in [6.45, 7) is 1.38. The first-order valence-electron chi connectivity index (χ1n) is 8.13. The standard InChI is InChI=1S/C18H19N3O3S/c1-23-13-3-4-16(24-2)14(9-13)12-5-6-20(10-12)17(22)15-11-21-7-8-25-18(21)19-15/h3-4,7-9,11-12H,5-6,10H2,1-2H3. The Balaban J connectivity index is 1.55. The SMILES string of the molecule is COc1ccc(OC)c(C2CCN(C(=O)c3cn4ccsc4n3)C2)c1. The van der Waals surface area contributed by atoms with Gasteiger partial charge in [-0.1, -0.05) is 0 Å². The van der Waals surface area contributed by atoms with Crippen LogP contribution in [0.1, 0.15) is 28.4 Å². The summed E-state index contributed by atoms with van der Waals surface area (Å²) in [6.07, 6.45) is 4.61. The molecule has 3 aromatic rings. The molecule has 25 heavy (non-hydrogen) atoms. The molecule has 0 aliphatic carbocycles. The van der Waals surface area contributed by atoms with Crippen LogP contribution in [-0.2, 0) is 0 Å². The highest BCUT2D eigenvalue weighted by atomic mass is 32.1. The van der Waals surface area contributed by atoms with Crippen molar-refractivity contribution in [3.05, 3.63) is 47.2 Å². The predicted octanol–water partition coefficient (Wildman–Crippen LogP) is 3.04. The van der Waals surface area contributed by atoms with Gasteiger partial charge in [-0.15, -0.1) is 11.3 Å². The molecule has 130 valence electrons. The number of methoxy groups -OCH3 is 2. The highest BCUT2D eigenvalue weighted by molar-refractivity contribution is 7.15. The third-order valence-electron chi connectivity index (χ3n) is 4.66. The molecule has 0 bridgehead atoms. The van der Waals surface area contributed by atoms with Crippen molar-refractivity contribution in [1.82, 2.24) is 14.3 Å². The van der Waals surface area contributed by atoms with E-state index in [1.165, 1.54) is 11.3 Å². The first kappa shape index (κ1) is 16.0. The molecule has 6 nitrogen and oxygen atoms in total. The number of hydrogen-bond acceptors (Lipinski definition) is 5. The van der Waals surface area contributed by atoms with E-state index in [-0.39, 0.29) is 11.8 Å². The molecular formula is C18H19N3O3S. The number of nitrogens with zero attached hydrogens (tertiary/aromatic N) is 3. The van der Waals surface area contributed by atoms with Gasteiger partial charge in [0.2, 0.25) is 0 Å². The minimum Gasteiger partial charge on any atom is -0.497 e. The van der Waals surface area contributed by atoms with E-state index in [1.807, 2.05) is 39.1 Å². The molecule has 0 spiro atoms. The molecule has 2 aromatic heterocycles. The summed E-state index contributed by atoms with van der Waals surface area (Å²) in [5.41, 5.74) is 1.59. The molecule has 0 radical (unpaired) electrons. The smallest absolute Gasteiger partial charge is 0.274 e. The molecule has 7 heteroatoms. The van der Waals surface area contributed by atoms with Crippen LogP contribution in [0.5, 0.6) is 11.5 Å². The van der Waals surface area contributed by atoms with Gasteiger partial charge in [-0.3, -0.25) is 9.20 Å². The zero-order valence-corrected chi connectivity index (χ0v) is 15.0. The molecule has 3 heterocycles. The maximum Gasteiger partial charge on any atom is 0.274 e. The Bertz CT molecular complexity index is 889. The van der Waals surface area contributed by atoms with Crippen LogP contribution in [0.15, 0.2) is 36.0 Å². The van der Waals surface area contributed by atoms with Gasteiger partial charge in [-0.05, 0) is 24.6 Å². The Hall–Kier alpha value is -2.54. The number of carbonyl (C=O) groups excluding carboxylic acids is 1. The zero-order valence-electron chi connectivity index (χ0n) is 14.1. The van der Waals surface area contributed by atoms with Gasteiger partial charge in [0.1, 0.15) is 17.2 Å². The Morgan fingerprint density at radius 2 is 2.20 bits per heavy atom. The molecule has 1 saturated heterocycles. The number of likely N-dealkylation sites (tertiary alicyclic amines) is 1. The maximum absolute atomic E-state index is 12.8. The average molecular weight is 357 g/mol. The lowest BCUT2D eigenvalue weighted by Crippen LogP contribution is -2.28. The van der Waals surface area contributed by atoms with Crippen molar-refractivity contribution in [2.75, 3.05) is 27.3 Å². The topological polar surface area (TPSA) is 56.1 Å². The molecular weight excluding hydrogens is 338 g/mol. The lowest BCUT2D eigenvalue weighted by molar-refractivity contribution is 0.0785. The molecule has 1 aliphatic heterocycles. The predicted molar refractivity (Wildman–Crippen MR) is 95.9 cm³/mol. The van der Waals surface area contributed by atoms with Crippen molar-refractivity contribution in [2.24, 2.45) is 0 Å². The quantitative estimate of drug-likeness (QED) is 0.720. The van der Waals surface area contributed by atoms with E-state index in [0.717, 1.165) is 35.0 Å². The molecule has 0 N–H and O–H groups in total. The second-order valence-electron chi connectivity index (χ2n) is 6.06. The Kier molecular flexibility index (Phi) is 4.09. The van der Waals surface area contributed by atoms with E-state index in [4.69, 9.17) is 9.47 Å². The second kappa shape index (κ2) is 6.40. The number of fused-ring (bicyclic) bond motifs is 1. The van der Waals surface area contributed by atoms with E-state index < -0.39 is 0 Å². The molecule has 4 rings (SSSR count). The van der Waals surface area contributed by atoms with Crippen molar-refractivity contribution in [2.45, 2.75) is 12.3 Å². The minimum atomic E-state index is -0.0136. The number of imidazole rings is 1. The average Bonchev–Trinajstić information content (AvgIpc) is 3.35. The molecule has 1 amide bonds. The molecule has 1 atom stereocenters. The molecule has 1 fully saturated rings. The number of hydrogen-bond donors (Lipinski definition) is 0. The second-order valence-corrected chi connectivity index (χ2v) is 6.94. The summed E-state index contributed by atoms with van der Waals surface area (Å²) >= 11 is 1.53. The normalized spacial score (nSPS) is 17.2. The van der Waals surface area contributed by atoms with E-state index in [0.29, 0.717) is 12.2 Å². The van der Waals surface area contributed by atoms with E-state index in [1.54, 1.807) is 20.4 Å². The summed E-state index contributed by atoms with van der Waals surface area (Å²) in [7, 11) is 3.32. The van der Waals surface area contributed by atoms with Crippen LogP contribution in [0.4, 0.5) is 0 Å². The van der Waals surface area contributed by atoms with Crippen LogP contribution in [-0.4, -0.2) is 47.5 Å². The lowest BCUT2D eigenvalue weighted by atomic mass is 9.97. The number of carbonyl (C=O) groups is 1.